The van der Waals surface area contributed by atoms with Crippen molar-refractivity contribution >= 4 is 49.1 Å². The molecular formula is C63H43N3. The van der Waals surface area contributed by atoms with E-state index < -0.39 is 5.41 Å². The number of benzene rings is 8. The summed E-state index contributed by atoms with van der Waals surface area (Å²) in [4.78, 5) is 15.8. The van der Waals surface area contributed by atoms with Crippen LogP contribution in [0.4, 0.5) is 0 Å². The van der Waals surface area contributed by atoms with Crippen molar-refractivity contribution < 1.29 is 0 Å². The van der Waals surface area contributed by atoms with Crippen LogP contribution in [0.15, 0.2) is 230 Å². The van der Waals surface area contributed by atoms with Crippen molar-refractivity contribution in [3.05, 3.63) is 252 Å². The molecule has 0 aliphatic heterocycles. The zero-order valence-electron chi connectivity index (χ0n) is 36.5. The first-order valence-corrected chi connectivity index (χ1v) is 23.0. The number of allylic oxidation sites excluding steroid dienone is 4. The number of pyridine rings is 3. The van der Waals surface area contributed by atoms with Crippen molar-refractivity contribution in [2.45, 2.75) is 18.8 Å². The monoisotopic (exact) mass is 841 g/mol. The van der Waals surface area contributed by atoms with Crippen LogP contribution in [-0.4, -0.2) is 15.0 Å². The van der Waals surface area contributed by atoms with Gasteiger partial charge in [0.15, 0.2) is 0 Å². The Kier molecular flexibility index (Phi) is 8.79. The number of rotatable bonds is 6. The highest BCUT2D eigenvalue weighted by Gasteiger charge is 2.48. The van der Waals surface area contributed by atoms with Gasteiger partial charge in [0.05, 0.1) is 39.0 Å². The predicted octanol–water partition coefficient (Wildman–Crippen LogP) is 15.8. The third-order valence-corrected chi connectivity index (χ3v) is 14.2. The largest absolute Gasteiger partial charge is 0.247 e. The maximum atomic E-state index is 5.44. The summed E-state index contributed by atoms with van der Waals surface area (Å²) < 4.78 is 0. The topological polar surface area (TPSA) is 38.7 Å². The molecule has 0 radical (unpaired) electrons. The number of nitrogens with zero attached hydrogens (tertiary/aromatic N) is 3. The zero-order chi connectivity index (χ0) is 43.8. The fraction of sp³-hybridized carbons (Fsp3) is 0.0635. The minimum Gasteiger partial charge on any atom is -0.247 e. The van der Waals surface area contributed by atoms with Gasteiger partial charge in [0.2, 0.25) is 0 Å². The molecule has 3 heterocycles. The van der Waals surface area contributed by atoms with Gasteiger partial charge in [-0.15, -0.1) is 0 Å². The number of aromatic nitrogens is 3. The standard InChI is InChI=1S/C63H43N3/c1-40-14-13-22-54-59(40)53-38-52-51(39-55(53)63(54,48-17-7-3-8-18-48)49-19-9-4-10-20-49)50-21-11-12-23-58(50)66-60(52)45-30-26-42(27-31-45)41-24-28-44(29-25-41)57-37-35-47-33-32-46-34-36-56(43-15-5-2-6-16-43)64-61(46)62(47)65-57/h2-13,15-40H,14H2,1H3. The molecule has 1 atom stereocenters. The summed E-state index contributed by atoms with van der Waals surface area (Å²) in [6, 6.07) is 76.7. The minimum absolute atomic E-state index is 0.375. The second-order valence-corrected chi connectivity index (χ2v) is 17.9. The lowest BCUT2D eigenvalue weighted by atomic mass is 9.66. The van der Waals surface area contributed by atoms with Crippen LogP contribution in [0.1, 0.15) is 35.6 Å². The Morgan fingerprint density at radius 1 is 0.439 bits per heavy atom. The average Bonchev–Trinajstić information content (AvgIpc) is 3.69. The molecule has 0 fully saturated rings. The molecule has 11 aromatic rings. The summed E-state index contributed by atoms with van der Waals surface area (Å²) in [7, 11) is 0. The first-order valence-electron chi connectivity index (χ1n) is 23.0. The molecule has 0 N–H and O–H groups in total. The predicted molar refractivity (Wildman–Crippen MR) is 274 cm³/mol. The molecule has 3 aromatic heterocycles. The number of hydrogen-bond acceptors (Lipinski definition) is 3. The van der Waals surface area contributed by atoms with E-state index in [0.717, 1.165) is 78.6 Å². The first-order chi connectivity index (χ1) is 32.6. The molecule has 0 saturated carbocycles. The second-order valence-electron chi connectivity index (χ2n) is 17.9. The van der Waals surface area contributed by atoms with Crippen molar-refractivity contribution in [2.24, 2.45) is 5.92 Å². The number of hydrogen-bond donors (Lipinski definition) is 0. The van der Waals surface area contributed by atoms with Gasteiger partial charge in [-0.05, 0) is 92.6 Å². The van der Waals surface area contributed by atoms with Gasteiger partial charge in [-0.1, -0.05) is 201 Å². The SMILES string of the molecule is CC1CC=CC2=C1c1cc3c(-c4ccc(-c5ccc(-c6ccc7ccc8ccc(-c9ccccc9)nc8c7n6)cc5)cc4)nc4ccccc4c3cc1C2(c1ccccc1)c1ccccc1. The van der Waals surface area contributed by atoms with Crippen molar-refractivity contribution in [2.75, 3.05) is 0 Å². The molecule has 0 amide bonds. The maximum absolute atomic E-state index is 5.44. The third-order valence-electron chi connectivity index (χ3n) is 14.2. The second kappa shape index (κ2) is 15.2. The van der Waals surface area contributed by atoms with Crippen molar-refractivity contribution in [1.82, 2.24) is 15.0 Å². The van der Waals surface area contributed by atoms with E-state index in [1.807, 2.05) is 6.07 Å². The van der Waals surface area contributed by atoms with Gasteiger partial charge >= 0.3 is 0 Å². The van der Waals surface area contributed by atoms with E-state index in [0.29, 0.717) is 5.92 Å². The van der Waals surface area contributed by atoms with Crippen LogP contribution < -0.4 is 0 Å². The van der Waals surface area contributed by atoms with E-state index in [1.165, 1.54) is 49.6 Å². The van der Waals surface area contributed by atoms with Crippen LogP contribution in [0.2, 0.25) is 0 Å². The summed E-state index contributed by atoms with van der Waals surface area (Å²) >= 11 is 0. The maximum Gasteiger partial charge on any atom is 0.0972 e. The Labute approximate surface area is 384 Å². The van der Waals surface area contributed by atoms with Gasteiger partial charge in [-0.25, -0.2) is 15.0 Å². The van der Waals surface area contributed by atoms with Crippen LogP contribution in [-0.2, 0) is 5.41 Å². The highest BCUT2D eigenvalue weighted by Crippen LogP contribution is 2.59. The molecule has 66 heavy (non-hydrogen) atoms. The van der Waals surface area contributed by atoms with Crippen LogP contribution in [0.5, 0.6) is 0 Å². The first kappa shape index (κ1) is 38.2. The molecular weight excluding hydrogens is 799 g/mol. The van der Waals surface area contributed by atoms with Gasteiger partial charge in [-0.3, -0.25) is 0 Å². The lowest BCUT2D eigenvalue weighted by Gasteiger charge is -2.36. The molecule has 2 aliphatic carbocycles. The summed E-state index contributed by atoms with van der Waals surface area (Å²) in [5.41, 5.74) is 18.9. The summed E-state index contributed by atoms with van der Waals surface area (Å²) in [5, 5.41) is 5.73. The van der Waals surface area contributed by atoms with E-state index in [-0.39, 0.29) is 0 Å². The third kappa shape index (κ3) is 5.93. The fourth-order valence-corrected chi connectivity index (χ4v) is 11.0. The quantitative estimate of drug-likeness (QED) is 0.157. The minimum atomic E-state index is -0.448. The molecule has 3 heteroatoms. The van der Waals surface area contributed by atoms with Crippen molar-refractivity contribution in [3.8, 4) is 44.9 Å². The van der Waals surface area contributed by atoms with Crippen LogP contribution >= 0.6 is 0 Å². The summed E-state index contributed by atoms with van der Waals surface area (Å²) in [6.07, 6.45) is 5.82. The van der Waals surface area contributed by atoms with E-state index in [4.69, 9.17) is 15.0 Å². The molecule has 310 valence electrons. The molecule has 0 spiro atoms. The number of fused-ring (bicyclic) bond motifs is 8. The van der Waals surface area contributed by atoms with Gasteiger partial charge in [0.1, 0.15) is 0 Å². The zero-order valence-corrected chi connectivity index (χ0v) is 36.5. The molecule has 8 aromatic carbocycles. The Balaban J connectivity index is 0.900. The molecule has 3 nitrogen and oxygen atoms in total. The van der Waals surface area contributed by atoms with E-state index in [1.54, 1.807) is 0 Å². The smallest absolute Gasteiger partial charge is 0.0972 e. The van der Waals surface area contributed by atoms with E-state index in [2.05, 4.69) is 225 Å². The van der Waals surface area contributed by atoms with Gasteiger partial charge in [0.25, 0.3) is 0 Å². The Morgan fingerprint density at radius 2 is 0.955 bits per heavy atom. The lowest BCUT2D eigenvalue weighted by molar-refractivity contribution is 0.722. The lowest BCUT2D eigenvalue weighted by Crippen LogP contribution is -2.29. The highest BCUT2D eigenvalue weighted by molar-refractivity contribution is 6.13. The summed E-state index contributed by atoms with van der Waals surface area (Å²) in [6.45, 7) is 2.39. The highest BCUT2D eigenvalue weighted by atomic mass is 14.8. The Morgan fingerprint density at radius 3 is 1.58 bits per heavy atom. The molecule has 13 rings (SSSR count). The van der Waals surface area contributed by atoms with E-state index in [9.17, 15) is 0 Å². The van der Waals surface area contributed by atoms with Crippen molar-refractivity contribution in [1.29, 1.82) is 0 Å². The molecule has 0 saturated heterocycles. The summed E-state index contributed by atoms with van der Waals surface area (Å²) in [5.74, 6) is 0.375. The molecule has 0 bridgehead atoms. The van der Waals surface area contributed by atoms with E-state index >= 15 is 0 Å². The molecule has 1 unspecified atom stereocenters. The Hall–Kier alpha value is -8.27. The van der Waals surface area contributed by atoms with Crippen molar-refractivity contribution in [3.63, 3.8) is 0 Å². The Bertz CT molecular complexity index is 3720. The molecule has 2 aliphatic rings. The average molecular weight is 842 g/mol. The van der Waals surface area contributed by atoms with Gasteiger partial charge in [0, 0.05) is 38.2 Å². The fourth-order valence-electron chi connectivity index (χ4n) is 11.0. The number of para-hydroxylation sites is 1. The van der Waals surface area contributed by atoms with Crippen LogP contribution in [0, 0.1) is 5.92 Å². The van der Waals surface area contributed by atoms with Gasteiger partial charge in [-0.2, -0.15) is 0 Å². The normalized spacial score (nSPS) is 15.1. The van der Waals surface area contributed by atoms with Crippen LogP contribution in [0.25, 0.3) is 94.0 Å². The van der Waals surface area contributed by atoms with Crippen LogP contribution in [0.3, 0.4) is 0 Å². The van der Waals surface area contributed by atoms with Gasteiger partial charge < -0.3 is 0 Å².